The van der Waals surface area contributed by atoms with Crippen LogP contribution in [0.5, 0.6) is 0 Å². The lowest BCUT2D eigenvalue weighted by Gasteiger charge is -2.00. The summed E-state index contributed by atoms with van der Waals surface area (Å²) >= 11 is 0. The molecular weight excluding hydrogens is 96.1 g/mol. The predicted octanol–water partition coefficient (Wildman–Crippen LogP) is 2.90. The molecule has 0 aromatic rings. The Morgan fingerprint density at radius 2 is 1.75 bits per heavy atom. The molecule has 0 saturated carbocycles. The monoisotopic (exact) mass is 112 g/mol. The van der Waals surface area contributed by atoms with Gasteiger partial charge in [-0.2, -0.15) is 0 Å². The highest BCUT2D eigenvalue weighted by molar-refractivity contribution is 4.82. The predicted molar refractivity (Wildman–Crippen MR) is 36.8 cm³/mol. The van der Waals surface area contributed by atoms with E-state index in [1.807, 2.05) is 0 Å². The van der Waals surface area contributed by atoms with Crippen molar-refractivity contribution in [3.63, 3.8) is 0 Å². The highest BCUT2D eigenvalue weighted by Crippen LogP contribution is 2.09. The molecule has 0 nitrogen and oxygen atoms in total. The van der Waals surface area contributed by atoms with Crippen molar-refractivity contribution in [1.82, 2.24) is 0 Å². The maximum absolute atomic E-state index is 7.37. The Morgan fingerprint density at radius 1 is 1.00 bits per heavy atom. The Kier molecular flexibility index (Phi) is 2.13. The zero-order valence-electron chi connectivity index (χ0n) is 6.32. The van der Waals surface area contributed by atoms with Crippen molar-refractivity contribution in [3.05, 3.63) is 12.1 Å². The summed E-state index contributed by atoms with van der Waals surface area (Å²) in [7, 11) is 0. The molecule has 0 heterocycles. The van der Waals surface area contributed by atoms with Crippen LogP contribution in [0.15, 0.2) is 12.1 Å². The molecule has 0 saturated heterocycles. The third kappa shape index (κ3) is 2.15. The van der Waals surface area contributed by atoms with E-state index < -0.39 is 0 Å². The zero-order valence-corrected chi connectivity index (χ0v) is 5.32. The first kappa shape index (κ1) is 4.60. The Labute approximate surface area is 53.0 Å². The second-order valence-electron chi connectivity index (χ2n) is 2.36. The van der Waals surface area contributed by atoms with E-state index in [2.05, 4.69) is 6.08 Å². The fourth-order valence-corrected chi connectivity index (χ4v) is 1.03. The molecule has 0 heteroatoms. The van der Waals surface area contributed by atoms with Gasteiger partial charge in [-0.1, -0.05) is 25.0 Å². The van der Waals surface area contributed by atoms with Gasteiger partial charge in [0.05, 0.1) is 1.37 Å². The van der Waals surface area contributed by atoms with Crippen LogP contribution in [0.4, 0.5) is 0 Å². The standard InChI is InChI=1S/C8H14/c1-2-4-6-8-7-5-3-1/h1-2H,3-8H2/b2-1-/i1T. The second-order valence-corrected chi connectivity index (χ2v) is 2.36. The largest absolute Gasteiger partial charge is 0.0885 e. The average Bonchev–Trinajstić information content (AvgIpc) is 1.79. The average molecular weight is 112 g/mol. The molecule has 1 aliphatic rings. The van der Waals surface area contributed by atoms with Gasteiger partial charge in [-0.25, -0.2) is 0 Å². The number of rotatable bonds is 0. The fraction of sp³-hybridized carbons (Fsp3) is 0.750. The molecule has 1 aliphatic carbocycles. The van der Waals surface area contributed by atoms with Crippen molar-refractivity contribution in [2.45, 2.75) is 38.5 Å². The maximum atomic E-state index is 7.37. The molecule has 46 valence electrons. The Hall–Kier alpha value is -0.260. The van der Waals surface area contributed by atoms with Gasteiger partial charge in [-0.3, -0.25) is 0 Å². The van der Waals surface area contributed by atoms with E-state index in [1.54, 1.807) is 0 Å². The molecule has 0 bridgehead atoms. The molecule has 0 atom stereocenters. The van der Waals surface area contributed by atoms with Gasteiger partial charge >= 0.3 is 0 Å². The van der Waals surface area contributed by atoms with Gasteiger partial charge in [0.1, 0.15) is 0 Å². The number of hydrogen-bond acceptors (Lipinski definition) is 0. The van der Waals surface area contributed by atoms with Gasteiger partial charge in [-0.15, -0.1) is 0 Å². The molecule has 1 rings (SSSR count). The minimum Gasteiger partial charge on any atom is -0.0885 e. The summed E-state index contributed by atoms with van der Waals surface area (Å²) in [4.78, 5) is 0. The van der Waals surface area contributed by atoms with Gasteiger partial charge < -0.3 is 0 Å². The molecular formula is C8H14. The molecule has 0 N–H and O–H groups in total. The summed E-state index contributed by atoms with van der Waals surface area (Å²) in [6.45, 7) is 0. The van der Waals surface area contributed by atoms with E-state index in [0.717, 1.165) is 18.9 Å². The molecule has 0 spiro atoms. The molecule has 0 aromatic heterocycles. The Morgan fingerprint density at radius 3 is 2.62 bits per heavy atom. The van der Waals surface area contributed by atoms with Crippen molar-refractivity contribution in [3.8, 4) is 0 Å². The van der Waals surface area contributed by atoms with Gasteiger partial charge in [0.15, 0.2) is 0 Å². The Balaban J connectivity index is 2.32. The molecule has 8 heavy (non-hydrogen) atoms. The minimum absolute atomic E-state index is 0.856. The van der Waals surface area contributed by atoms with Gasteiger partial charge in [0, 0.05) is 0 Å². The van der Waals surface area contributed by atoms with E-state index in [1.165, 1.54) is 25.7 Å². The van der Waals surface area contributed by atoms with Gasteiger partial charge in [0.25, 0.3) is 0 Å². The molecule has 0 aliphatic heterocycles. The number of hydrogen-bond donors (Lipinski definition) is 0. The third-order valence-electron chi connectivity index (χ3n) is 1.56. The molecule has 0 aromatic carbocycles. The van der Waals surface area contributed by atoms with Crippen LogP contribution in [0.2, 0.25) is 0 Å². The summed E-state index contributed by atoms with van der Waals surface area (Å²) in [6, 6.07) is 0.856. The van der Waals surface area contributed by atoms with Crippen LogP contribution in [0.1, 0.15) is 39.9 Å². The van der Waals surface area contributed by atoms with Crippen LogP contribution in [0.25, 0.3) is 0 Å². The van der Waals surface area contributed by atoms with Crippen LogP contribution in [-0.2, 0) is 0 Å². The first-order valence-electron chi connectivity index (χ1n) is 4.05. The van der Waals surface area contributed by atoms with E-state index in [4.69, 9.17) is 1.37 Å². The van der Waals surface area contributed by atoms with Crippen LogP contribution < -0.4 is 0 Å². The molecule has 0 unspecified atom stereocenters. The summed E-state index contributed by atoms with van der Waals surface area (Å²) in [5, 5.41) is 0. The zero-order chi connectivity index (χ0) is 6.53. The third-order valence-corrected chi connectivity index (χ3v) is 1.56. The lowest BCUT2D eigenvalue weighted by Crippen LogP contribution is -1.80. The lowest BCUT2D eigenvalue weighted by molar-refractivity contribution is 0.638. The SMILES string of the molecule is [3H]/C1=C/CCCCCC1. The minimum atomic E-state index is 0.856. The van der Waals surface area contributed by atoms with E-state index in [0.29, 0.717) is 0 Å². The van der Waals surface area contributed by atoms with E-state index >= 15 is 0 Å². The smallest absolute Gasteiger partial charge is 0.0572 e. The highest BCUT2D eigenvalue weighted by Gasteiger charge is 1.89. The van der Waals surface area contributed by atoms with E-state index in [-0.39, 0.29) is 0 Å². The fourth-order valence-electron chi connectivity index (χ4n) is 1.03. The van der Waals surface area contributed by atoms with Crippen molar-refractivity contribution in [2.75, 3.05) is 0 Å². The first-order chi connectivity index (χ1) is 4.39. The van der Waals surface area contributed by atoms with Crippen LogP contribution in [0.3, 0.4) is 0 Å². The number of allylic oxidation sites excluding steroid dienone is 2. The Bertz CT molecular complexity index is 105. The maximum Gasteiger partial charge on any atom is 0.0572 e. The second kappa shape index (κ2) is 3.71. The highest BCUT2D eigenvalue weighted by atomic mass is 14.0. The lowest BCUT2D eigenvalue weighted by atomic mass is 10.1. The van der Waals surface area contributed by atoms with Gasteiger partial charge in [0.2, 0.25) is 0 Å². The van der Waals surface area contributed by atoms with Crippen LogP contribution in [0, 0.1) is 0 Å². The quantitative estimate of drug-likeness (QED) is 0.423. The normalized spacial score (nSPS) is 31.5. The van der Waals surface area contributed by atoms with Crippen LogP contribution in [-0.4, -0.2) is 0 Å². The summed E-state index contributed by atoms with van der Waals surface area (Å²) in [5.41, 5.74) is 0. The molecule has 0 radical (unpaired) electrons. The summed E-state index contributed by atoms with van der Waals surface area (Å²) in [6.07, 6.45) is 9.44. The van der Waals surface area contributed by atoms with Crippen molar-refractivity contribution in [1.29, 1.82) is 0 Å². The topological polar surface area (TPSA) is 0 Å². The van der Waals surface area contributed by atoms with Gasteiger partial charge in [-0.05, 0) is 25.7 Å². The molecule has 0 amide bonds. The summed E-state index contributed by atoms with van der Waals surface area (Å²) < 4.78 is 7.37. The van der Waals surface area contributed by atoms with Crippen molar-refractivity contribution < 1.29 is 1.37 Å². The summed E-state index contributed by atoms with van der Waals surface area (Å²) in [5.74, 6) is 0. The van der Waals surface area contributed by atoms with Crippen molar-refractivity contribution in [2.24, 2.45) is 0 Å². The first-order valence-corrected chi connectivity index (χ1v) is 3.55. The molecule has 0 fully saturated rings. The van der Waals surface area contributed by atoms with Crippen molar-refractivity contribution >= 4 is 0 Å². The van der Waals surface area contributed by atoms with Crippen LogP contribution >= 0.6 is 0 Å². The van der Waals surface area contributed by atoms with E-state index in [9.17, 15) is 0 Å².